The van der Waals surface area contributed by atoms with Crippen molar-refractivity contribution in [3.63, 3.8) is 0 Å². The van der Waals surface area contributed by atoms with Gasteiger partial charge in [-0.05, 0) is 63.3 Å². The number of hydrogen-bond donors (Lipinski definition) is 1. The van der Waals surface area contributed by atoms with Gasteiger partial charge >= 0.3 is 5.97 Å². The summed E-state index contributed by atoms with van der Waals surface area (Å²) in [5.41, 5.74) is 3.03. The fourth-order valence-electron chi connectivity index (χ4n) is 2.16. The van der Waals surface area contributed by atoms with Crippen LogP contribution in [0, 0.1) is 0 Å². The summed E-state index contributed by atoms with van der Waals surface area (Å²) < 4.78 is 11.4. The molecule has 0 unspecified atom stereocenters. The Labute approximate surface area is 184 Å². The molecule has 3 rings (SSSR count). The van der Waals surface area contributed by atoms with Crippen molar-refractivity contribution in [1.29, 1.82) is 0 Å². The minimum absolute atomic E-state index is 0.212. The zero-order valence-corrected chi connectivity index (χ0v) is 18.0. The molecule has 2 aromatic carbocycles. The molecule has 0 aliphatic carbocycles. The van der Waals surface area contributed by atoms with Crippen LogP contribution in [0.25, 0.3) is 0 Å². The first-order valence-corrected chi connectivity index (χ1v) is 10.3. The highest BCUT2D eigenvalue weighted by molar-refractivity contribution is 9.10. The molecule has 1 N–H and O–H groups in total. The van der Waals surface area contributed by atoms with Crippen LogP contribution in [0.4, 0.5) is 0 Å². The topological polar surface area (TPSA) is 77.0 Å². The molecule has 0 bridgehead atoms. The van der Waals surface area contributed by atoms with Gasteiger partial charge < -0.3 is 9.47 Å². The summed E-state index contributed by atoms with van der Waals surface area (Å²) >= 11 is 10.5. The van der Waals surface area contributed by atoms with Gasteiger partial charge in [0.05, 0.1) is 10.7 Å². The van der Waals surface area contributed by atoms with Gasteiger partial charge in [-0.15, -0.1) is 11.3 Å². The summed E-state index contributed by atoms with van der Waals surface area (Å²) in [7, 11) is 0. The van der Waals surface area contributed by atoms with Crippen LogP contribution in [0.3, 0.4) is 0 Å². The standard InChI is InChI=1S/C20H14BrClN2O4S/c21-16-10-14(22)6-7-17(16)27-12-19(25)24-23-11-13-3-1-4-15(9-13)28-20(26)18-5-2-8-29-18/h1-11H,12H2,(H,24,25). The Morgan fingerprint density at radius 2 is 2.03 bits per heavy atom. The first-order chi connectivity index (χ1) is 14.0. The molecular formula is C20H14BrClN2O4S. The average Bonchev–Trinajstić information content (AvgIpc) is 3.23. The minimum Gasteiger partial charge on any atom is -0.483 e. The number of thiophene rings is 1. The number of halogens is 2. The molecule has 1 heterocycles. The highest BCUT2D eigenvalue weighted by atomic mass is 79.9. The molecule has 6 nitrogen and oxygen atoms in total. The number of nitrogens with one attached hydrogen (secondary N) is 1. The SMILES string of the molecule is O=C(COc1ccc(Cl)cc1Br)NN=Cc1cccc(OC(=O)c2cccs2)c1. The van der Waals surface area contributed by atoms with Crippen molar-refractivity contribution >= 4 is 57.0 Å². The summed E-state index contributed by atoms with van der Waals surface area (Å²) in [6, 6.07) is 15.3. The molecule has 0 aliphatic rings. The van der Waals surface area contributed by atoms with Gasteiger partial charge in [-0.1, -0.05) is 29.8 Å². The van der Waals surface area contributed by atoms with E-state index in [9.17, 15) is 9.59 Å². The lowest BCUT2D eigenvalue weighted by molar-refractivity contribution is -0.123. The molecule has 1 aromatic heterocycles. The van der Waals surface area contributed by atoms with Gasteiger partial charge in [0.15, 0.2) is 6.61 Å². The quantitative estimate of drug-likeness (QED) is 0.219. The molecule has 0 atom stereocenters. The van der Waals surface area contributed by atoms with E-state index < -0.39 is 11.9 Å². The van der Waals surface area contributed by atoms with Crippen molar-refractivity contribution in [1.82, 2.24) is 5.43 Å². The maximum atomic E-state index is 12.0. The molecule has 1 amide bonds. The number of ether oxygens (including phenoxy) is 2. The zero-order chi connectivity index (χ0) is 20.6. The van der Waals surface area contributed by atoms with Crippen molar-refractivity contribution in [3.05, 3.63) is 79.9 Å². The second-order valence-electron chi connectivity index (χ2n) is 5.60. The molecule has 29 heavy (non-hydrogen) atoms. The van der Waals surface area contributed by atoms with Gasteiger partial charge in [0.2, 0.25) is 0 Å². The Balaban J connectivity index is 1.50. The second-order valence-corrected chi connectivity index (χ2v) is 7.83. The van der Waals surface area contributed by atoms with E-state index in [1.54, 1.807) is 60.0 Å². The summed E-state index contributed by atoms with van der Waals surface area (Å²) in [5, 5.41) is 6.25. The monoisotopic (exact) mass is 492 g/mol. The number of carbonyl (C=O) groups excluding carboxylic acids is 2. The molecule has 0 saturated heterocycles. The van der Waals surface area contributed by atoms with Gasteiger partial charge in [-0.2, -0.15) is 5.10 Å². The van der Waals surface area contributed by atoms with Crippen LogP contribution < -0.4 is 14.9 Å². The molecule has 0 aliphatic heterocycles. The Bertz CT molecular complexity index is 1040. The summed E-state index contributed by atoms with van der Waals surface area (Å²) in [6.07, 6.45) is 1.44. The lowest BCUT2D eigenvalue weighted by Gasteiger charge is -2.07. The van der Waals surface area contributed by atoms with E-state index in [2.05, 4.69) is 26.5 Å². The van der Waals surface area contributed by atoms with Crippen molar-refractivity contribution in [2.24, 2.45) is 5.10 Å². The van der Waals surface area contributed by atoms with Crippen LogP contribution in [0.2, 0.25) is 5.02 Å². The molecule has 148 valence electrons. The molecule has 0 radical (unpaired) electrons. The minimum atomic E-state index is -0.427. The number of hydrogen-bond acceptors (Lipinski definition) is 6. The van der Waals surface area contributed by atoms with Crippen LogP contribution in [0.5, 0.6) is 11.5 Å². The highest BCUT2D eigenvalue weighted by Crippen LogP contribution is 2.27. The highest BCUT2D eigenvalue weighted by Gasteiger charge is 2.09. The lowest BCUT2D eigenvalue weighted by Crippen LogP contribution is -2.24. The number of rotatable bonds is 7. The van der Waals surface area contributed by atoms with Crippen molar-refractivity contribution in [3.8, 4) is 11.5 Å². The number of nitrogens with zero attached hydrogens (tertiary/aromatic N) is 1. The number of amides is 1. The van der Waals surface area contributed by atoms with Gasteiger partial charge in [-0.3, -0.25) is 4.79 Å². The van der Waals surface area contributed by atoms with E-state index in [1.165, 1.54) is 17.6 Å². The Hall–Kier alpha value is -2.68. The van der Waals surface area contributed by atoms with Crippen LogP contribution >= 0.6 is 38.9 Å². The molecular weight excluding hydrogens is 480 g/mol. The third-order valence-electron chi connectivity index (χ3n) is 3.45. The van der Waals surface area contributed by atoms with Gasteiger partial charge in [-0.25, -0.2) is 10.2 Å². The van der Waals surface area contributed by atoms with Crippen molar-refractivity contribution in [2.45, 2.75) is 0 Å². The molecule has 0 saturated carbocycles. The van der Waals surface area contributed by atoms with Gasteiger partial charge in [0.25, 0.3) is 5.91 Å². The number of esters is 1. The average molecular weight is 494 g/mol. The molecule has 9 heteroatoms. The summed E-state index contributed by atoms with van der Waals surface area (Å²) in [5.74, 6) is 0.0275. The smallest absolute Gasteiger partial charge is 0.353 e. The predicted octanol–water partition coefficient (Wildman–Crippen LogP) is 4.91. The van der Waals surface area contributed by atoms with Crippen LogP contribution in [-0.4, -0.2) is 24.7 Å². The third kappa shape index (κ3) is 6.42. The van der Waals surface area contributed by atoms with Gasteiger partial charge in [0, 0.05) is 5.02 Å². The number of hydrazone groups is 1. The fraction of sp³-hybridized carbons (Fsp3) is 0.0500. The number of benzene rings is 2. The second kappa shape index (κ2) is 10.2. The molecule has 3 aromatic rings. The lowest BCUT2D eigenvalue weighted by atomic mass is 10.2. The van der Waals surface area contributed by atoms with E-state index >= 15 is 0 Å². The maximum absolute atomic E-state index is 12.0. The largest absolute Gasteiger partial charge is 0.483 e. The van der Waals surface area contributed by atoms with E-state index in [0.717, 1.165) is 0 Å². The van der Waals surface area contributed by atoms with E-state index in [1.807, 2.05) is 0 Å². The predicted molar refractivity (Wildman–Crippen MR) is 116 cm³/mol. The Morgan fingerprint density at radius 1 is 1.17 bits per heavy atom. The molecule has 0 fully saturated rings. The maximum Gasteiger partial charge on any atom is 0.353 e. The van der Waals surface area contributed by atoms with Crippen LogP contribution in [0.1, 0.15) is 15.2 Å². The van der Waals surface area contributed by atoms with Crippen molar-refractivity contribution < 1.29 is 19.1 Å². The van der Waals surface area contributed by atoms with Crippen LogP contribution in [0.15, 0.2) is 69.6 Å². The number of carbonyl (C=O) groups is 2. The molecule has 0 spiro atoms. The zero-order valence-electron chi connectivity index (χ0n) is 14.8. The Kier molecular flexibility index (Phi) is 7.40. The Morgan fingerprint density at radius 3 is 2.79 bits per heavy atom. The first-order valence-electron chi connectivity index (χ1n) is 8.27. The van der Waals surface area contributed by atoms with Gasteiger partial charge in [0.1, 0.15) is 16.4 Å². The van der Waals surface area contributed by atoms with E-state index in [-0.39, 0.29) is 6.61 Å². The first kappa shape index (κ1) is 21.0. The summed E-state index contributed by atoms with van der Waals surface area (Å²) in [4.78, 5) is 24.4. The summed E-state index contributed by atoms with van der Waals surface area (Å²) in [6.45, 7) is -0.212. The van der Waals surface area contributed by atoms with E-state index in [0.29, 0.717) is 31.4 Å². The fourth-order valence-corrected chi connectivity index (χ4v) is 3.55. The normalized spacial score (nSPS) is 10.7. The van der Waals surface area contributed by atoms with E-state index in [4.69, 9.17) is 21.1 Å². The van der Waals surface area contributed by atoms with Crippen molar-refractivity contribution in [2.75, 3.05) is 6.61 Å². The third-order valence-corrected chi connectivity index (χ3v) is 5.15. The van der Waals surface area contributed by atoms with Crippen LogP contribution in [-0.2, 0) is 4.79 Å².